The molecule has 8 nitrogen and oxygen atoms in total. The summed E-state index contributed by atoms with van der Waals surface area (Å²) in [6, 6.07) is 21.1. The molecule has 0 spiro atoms. The van der Waals surface area contributed by atoms with Crippen LogP contribution in [0.1, 0.15) is 0 Å². The summed E-state index contributed by atoms with van der Waals surface area (Å²) in [5.41, 5.74) is 3.14. The topological polar surface area (TPSA) is 116 Å². The standard InChI is InChI=1S/C22H20N4O4S2/c1-30-17-10-8-16(9-11-17)26-20-5-3-2-4-19(20)25-22(26)31-14-21(27)24-15-6-12-18(13-7-15)32(23,28)29/h2-13H,14H2,1H3,(H,24,27)(H2,23,28,29). The molecule has 0 aliphatic heterocycles. The maximum atomic E-state index is 12.5. The third-order valence-corrected chi connectivity index (χ3v) is 6.53. The van der Waals surface area contributed by atoms with Gasteiger partial charge in [-0.1, -0.05) is 23.9 Å². The van der Waals surface area contributed by atoms with Gasteiger partial charge in [-0.15, -0.1) is 0 Å². The molecule has 3 aromatic carbocycles. The lowest BCUT2D eigenvalue weighted by Gasteiger charge is -2.10. The van der Waals surface area contributed by atoms with Gasteiger partial charge in [0.15, 0.2) is 5.16 Å². The van der Waals surface area contributed by atoms with Crippen LogP contribution >= 0.6 is 11.8 Å². The Balaban J connectivity index is 1.53. The number of hydrogen-bond donors (Lipinski definition) is 2. The first-order chi connectivity index (χ1) is 15.3. The lowest BCUT2D eigenvalue weighted by molar-refractivity contribution is -0.113. The third kappa shape index (κ3) is 4.77. The van der Waals surface area contributed by atoms with Crippen LogP contribution in [-0.2, 0) is 14.8 Å². The number of sulfonamides is 1. The molecule has 4 rings (SSSR count). The second-order valence-corrected chi connectivity index (χ2v) is 9.33. The third-order valence-electron chi connectivity index (χ3n) is 4.66. The summed E-state index contributed by atoms with van der Waals surface area (Å²) in [5, 5.41) is 8.52. The Kier molecular flexibility index (Phi) is 6.17. The Morgan fingerprint density at radius 1 is 1.06 bits per heavy atom. The molecule has 10 heteroatoms. The molecule has 4 aromatic rings. The van der Waals surface area contributed by atoms with Gasteiger partial charge in [0.2, 0.25) is 15.9 Å². The van der Waals surface area contributed by atoms with E-state index in [0.29, 0.717) is 10.8 Å². The lowest BCUT2D eigenvalue weighted by atomic mass is 10.2. The number of ether oxygens (including phenoxy) is 1. The number of nitrogens with two attached hydrogens (primary N) is 1. The molecule has 0 atom stereocenters. The van der Waals surface area contributed by atoms with E-state index in [9.17, 15) is 13.2 Å². The molecule has 0 radical (unpaired) electrons. The number of rotatable bonds is 7. The van der Waals surface area contributed by atoms with Crippen molar-refractivity contribution < 1.29 is 17.9 Å². The summed E-state index contributed by atoms with van der Waals surface area (Å²) < 4.78 is 29.9. The molecule has 1 amide bonds. The Hall–Kier alpha value is -3.34. The number of nitrogens with one attached hydrogen (secondary N) is 1. The van der Waals surface area contributed by atoms with Gasteiger partial charge in [-0.2, -0.15) is 0 Å². The van der Waals surface area contributed by atoms with Crippen molar-refractivity contribution >= 4 is 44.4 Å². The van der Waals surface area contributed by atoms with Gasteiger partial charge in [0.05, 0.1) is 28.8 Å². The number of amides is 1. The van der Waals surface area contributed by atoms with Crippen LogP contribution in [0.2, 0.25) is 0 Å². The fourth-order valence-electron chi connectivity index (χ4n) is 3.14. The number of para-hydroxylation sites is 2. The molecular formula is C22H20N4O4S2. The van der Waals surface area contributed by atoms with Gasteiger partial charge in [0.1, 0.15) is 5.75 Å². The molecule has 0 saturated carbocycles. The first kappa shape index (κ1) is 21.9. The van der Waals surface area contributed by atoms with Crippen molar-refractivity contribution in [3.63, 3.8) is 0 Å². The number of nitrogens with zero attached hydrogens (tertiary/aromatic N) is 2. The van der Waals surface area contributed by atoms with Crippen molar-refractivity contribution in [2.24, 2.45) is 5.14 Å². The quantitative estimate of drug-likeness (QED) is 0.402. The summed E-state index contributed by atoms with van der Waals surface area (Å²) in [6.07, 6.45) is 0. The second kappa shape index (κ2) is 9.03. The van der Waals surface area contributed by atoms with Crippen LogP contribution in [-0.4, -0.2) is 36.7 Å². The summed E-state index contributed by atoms with van der Waals surface area (Å²) in [5.74, 6) is 0.628. The highest BCUT2D eigenvalue weighted by Crippen LogP contribution is 2.29. The number of hydrogen-bond acceptors (Lipinski definition) is 6. The van der Waals surface area contributed by atoms with Gasteiger partial charge < -0.3 is 10.1 Å². The highest BCUT2D eigenvalue weighted by atomic mass is 32.2. The first-order valence-electron chi connectivity index (χ1n) is 9.52. The zero-order valence-corrected chi connectivity index (χ0v) is 18.7. The molecule has 0 aliphatic rings. The number of primary sulfonamides is 1. The van der Waals surface area contributed by atoms with E-state index >= 15 is 0 Å². The molecule has 0 aliphatic carbocycles. The number of aromatic nitrogens is 2. The van der Waals surface area contributed by atoms with E-state index in [4.69, 9.17) is 9.88 Å². The number of thioether (sulfide) groups is 1. The maximum Gasteiger partial charge on any atom is 0.238 e. The molecule has 32 heavy (non-hydrogen) atoms. The van der Waals surface area contributed by atoms with E-state index in [-0.39, 0.29) is 16.6 Å². The van der Waals surface area contributed by atoms with Crippen LogP contribution in [0.25, 0.3) is 16.7 Å². The van der Waals surface area contributed by atoms with Crippen molar-refractivity contribution in [3.8, 4) is 11.4 Å². The first-order valence-corrected chi connectivity index (χ1v) is 12.1. The van der Waals surface area contributed by atoms with E-state index in [1.807, 2.05) is 53.1 Å². The van der Waals surface area contributed by atoms with Crippen molar-refractivity contribution in [3.05, 3.63) is 72.8 Å². The predicted molar refractivity (Wildman–Crippen MR) is 125 cm³/mol. The molecular weight excluding hydrogens is 448 g/mol. The molecule has 1 heterocycles. The molecule has 0 fully saturated rings. The van der Waals surface area contributed by atoms with E-state index in [0.717, 1.165) is 22.5 Å². The van der Waals surface area contributed by atoms with Crippen LogP contribution in [0, 0.1) is 0 Å². The minimum absolute atomic E-state index is 0.0157. The monoisotopic (exact) mass is 468 g/mol. The molecule has 0 bridgehead atoms. The van der Waals surface area contributed by atoms with Crippen molar-refractivity contribution in [2.75, 3.05) is 18.2 Å². The average Bonchev–Trinajstić information content (AvgIpc) is 3.16. The van der Waals surface area contributed by atoms with Crippen molar-refractivity contribution in [1.29, 1.82) is 0 Å². The molecule has 1 aromatic heterocycles. The van der Waals surface area contributed by atoms with E-state index in [2.05, 4.69) is 10.3 Å². The molecule has 164 valence electrons. The zero-order valence-electron chi connectivity index (χ0n) is 17.1. The van der Waals surface area contributed by atoms with Crippen molar-refractivity contribution in [2.45, 2.75) is 10.1 Å². The van der Waals surface area contributed by atoms with Gasteiger partial charge in [-0.25, -0.2) is 18.5 Å². The lowest BCUT2D eigenvalue weighted by Crippen LogP contribution is -2.15. The smallest absolute Gasteiger partial charge is 0.238 e. The summed E-state index contributed by atoms with van der Waals surface area (Å²) >= 11 is 1.31. The number of benzene rings is 3. The Labute approximate surface area is 189 Å². The van der Waals surface area contributed by atoms with Gasteiger partial charge in [0, 0.05) is 11.4 Å². The number of carbonyl (C=O) groups is 1. The largest absolute Gasteiger partial charge is 0.497 e. The number of fused-ring (bicyclic) bond motifs is 1. The van der Waals surface area contributed by atoms with Crippen LogP contribution in [0.5, 0.6) is 5.75 Å². The molecule has 0 unspecified atom stereocenters. The Bertz CT molecular complexity index is 1370. The van der Waals surface area contributed by atoms with Crippen LogP contribution < -0.4 is 15.2 Å². The molecule has 0 saturated heterocycles. The number of imidazole rings is 1. The summed E-state index contributed by atoms with van der Waals surface area (Å²) in [7, 11) is -2.16. The number of methoxy groups -OCH3 is 1. The van der Waals surface area contributed by atoms with Crippen LogP contribution in [0.3, 0.4) is 0 Å². The number of carbonyl (C=O) groups excluding carboxylic acids is 1. The van der Waals surface area contributed by atoms with Gasteiger partial charge in [-0.3, -0.25) is 9.36 Å². The molecule has 3 N–H and O–H groups in total. The summed E-state index contributed by atoms with van der Waals surface area (Å²) in [4.78, 5) is 17.2. The second-order valence-electron chi connectivity index (χ2n) is 6.82. The SMILES string of the molecule is COc1ccc(-n2c(SCC(=O)Nc3ccc(S(N)(=O)=O)cc3)nc3ccccc32)cc1. The number of anilines is 1. The Morgan fingerprint density at radius 3 is 2.41 bits per heavy atom. The maximum absolute atomic E-state index is 12.5. The van der Waals surface area contributed by atoms with Gasteiger partial charge >= 0.3 is 0 Å². The fraction of sp³-hybridized carbons (Fsp3) is 0.0909. The zero-order chi connectivity index (χ0) is 22.7. The summed E-state index contributed by atoms with van der Waals surface area (Å²) in [6.45, 7) is 0. The van der Waals surface area contributed by atoms with Crippen LogP contribution in [0.15, 0.2) is 82.8 Å². The highest BCUT2D eigenvalue weighted by Gasteiger charge is 2.15. The fourth-order valence-corrected chi connectivity index (χ4v) is 4.48. The van der Waals surface area contributed by atoms with E-state index in [1.54, 1.807) is 7.11 Å². The van der Waals surface area contributed by atoms with E-state index in [1.165, 1.54) is 36.0 Å². The highest BCUT2D eigenvalue weighted by molar-refractivity contribution is 7.99. The minimum atomic E-state index is -3.78. The minimum Gasteiger partial charge on any atom is -0.497 e. The Morgan fingerprint density at radius 2 is 1.75 bits per heavy atom. The van der Waals surface area contributed by atoms with E-state index < -0.39 is 10.0 Å². The van der Waals surface area contributed by atoms with Crippen LogP contribution in [0.4, 0.5) is 5.69 Å². The van der Waals surface area contributed by atoms with Gasteiger partial charge in [0.25, 0.3) is 0 Å². The average molecular weight is 469 g/mol. The normalized spacial score (nSPS) is 11.4. The van der Waals surface area contributed by atoms with Gasteiger partial charge in [-0.05, 0) is 60.7 Å². The predicted octanol–water partition coefficient (Wildman–Crippen LogP) is 3.41. The van der Waals surface area contributed by atoms with Crippen molar-refractivity contribution in [1.82, 2.24) is 9.55 Å².